The fraction of sp³-hybridized carbons (Fsp3) is 0.443. The van der Waals surface area contributed by atoms with E-state index in [0.29, 0.717) is 24.0 Å². The summed E-state index contributed by atoms with van der Waals surface area (Å²) in [6, 6.07) is 34.4. The lowest BCUT2D eigenvalue weighted by Gasteiger charge is -2.42. The standard InChI is InChI=1S/C61H74O14/c1-5-6-7-8-9-10-11-12-13-14-15-16-26-33-48-35-50(74-61-58(72-44(4)64)57(71-43(3)63)56(65)53(38-62)75-61)37-52(69-40-46-29-22-18-23-30-46)55(48)60(67)73-49-34-42(2)54(59(66)70-41-47-31-24-19-25-32-47)51(36-49)68-39-45-27-20-17-21-28-45/h17-25,27-32,34-37,53,56-58,61-62,65H,5-16,26,33,38-41H2,1-4H3/t53-,56-,57+,58-,61-/m1/s1. The van der Waals surface area contributed by atoms with Gasteiger partial charge in [-0.15, -0.1) is 0 Å². The normalized spacial score (nSPS) is 17.1. The smallest absolute Gasteiger partial charge is 0.347 e. The van der Waals surface area contributed by atoms with E-state index in [-0.39, 0.29) is 53.9 Å². The summed E-state index contributed by atoms with van der Waals surface area (Å²) in [5.74, 6) is -2.42. The molecule has 5 aromatic rings. The molecule has 0 aliphatic carbocycles. The first-order valence-electron chi connectivity index (χ1n) is 26.5. The summed E-state index contributed by atoms with van der Waals surface area (Å²) in [5, 5.41) is 21.3. The summed E-state index contributed by atoms with van der Waals surface area (Å²) < 4.78 is 48.3. The number of unbranched alkanes of at least 4 members (excludes halogenated alkanes) is 12. The number of rotatable bonds is 30. The second-order valence-electron chi connectivity index (χ2n) is 19.0. The van der Waals surface area contributed by atoms with Crippen molar-refractivity contribution in [1.29, 1.82) is 0 Å². The maximum Gasteiger partial charge on any atom is 0.347 e. The molecule has 0 aromatic heterocycles. The molecule has 14 heteroatoms. The van der Waals surface area contributed by atoms with E-state index in [2.05, 4.69) is 6.92 Å². The maximum atomic E-state index is 15.0. The fourth-order valence-electron chi connectivity index (χ4n) is 9.08. The Labute approximate surface area is 441 Å². The van der Waals surface area contributed by atoms with E-state index in [1.54, 1.807) is 19.1 Å². The van der Waals surface area contributed by atoms with Crippen molar-refractivity contribution in [1.82, 2.24) is 0 Å². The molecular weight excluding hydrogens is 957 g/mol. The first-order valence-corrected chi connectivity index (χ1v) is 26.5. The van der Waals surface area contributed by atoms with Gasteiger partial charge in [0.25, 0.3) is 0 Å². The molecule has 75 heavy (non-hydrogen) atoms. The molecule has 1 heterocycles. The Balaban J connectivity index is 1.33. The van der Waals surface area contributed by atoms with Crippen molar-refractivity contribution >= 4 is 23.9 Å². The van der Waals surface area contributed by atoms with Crippen LogP contribution >= 0.6 is 0 Å². The van der Waals surface area contributed by atoms with E-state index in [0.717, 1.165) is 56.2 Å². The Bertz CT molecular complexity index is 2550. The molecule has 5 atom stereocenters. The Morgan fingerprint density at radius 3 is 1.56 bits per heavy atom. The van der Waals surface area contributed by atoms with Crippen molar-refractivity contribution in [2.75, 3.05) is 6.61 Å². The van der Waals surface area contributed by atoms with E-state index in [9.17, 15) is 29.4 Å². The predicted octanol–water partition coefficient (Wildman–Crippen LogP) is 11.7. The second kappa shape index (κ2) is 30.6. The topological polar surface area (TPSA) is 183 Å². The van der Waals surface area contributed by atoms with Crippen LogP contribution in [0.2, 0.25) is 0 Å². The summed E-state index contributed by atoms with van der Waals surface area (Å²) >= 11 is 0. The molecule has 0 radical (unpaired) electrons. The quantitative estimate of drug-likeness (QED) is 0.0192. The average Bonchev–Trinajstić information content (AvgIpc) is 3.40. The lowest BCUT2D eigenvalue weighted by molar-refractivity contribution is -0.285. The number of carbonyl (C=O) groups is 4. The van der Waals surface area contributed by atoms with Gasteiger partial charge in [0, 0.05) is 26.0 Å². The van der Waals surface area contributed by atoms with Crippen LogP contribution in [0.5, 0.6) is 23.0 Å². The molecular formula is C61H74O14. The zero-order valence-electron chi connectivity index (χ0n) is 43.9. The van der Waals surface area contributed by atoms with Crippen molar-refractivity contribution in [3.63, 3.8) is 0 Å². The number of carbonyl (C=O) groups excluding carboxylic acids is 4. The van der Waals surface area contributed by atoms with Crippen molar-refractivity contribution in [2.24, 2.45) is 0 Å². The molecule has 2 N–H and O–H groups in total. The van der Waals surface area contributed by atoms with Crippen LogP contribution in [0, 0.1) is 6.92 Å². The minimum atomic E-state index is -1.57. The predicted molar refractivity (Wildman–Crippen MR) is 283 cm³/mol. The van der Waals surface area contributed by atoms with Crippen molar-refractivity contribution < 1.29 is 67.3 Å². The van der Waals surface area contributed by atoms with Crippen LogP contribution in [0.25, 0.3) is 0 Å². The minimum absolute atomic E-state index is 0.0372. The number of hydrogen-bond donors (Lipinski definition) is 2. The van der Waals surface area contributed by atoms with Gasteiger partial charge < -0.3 is 48.1 Å². The number of aliphatic hydroxyl groups excluding tert-OH is 2. The van der Waals surface area contributed by atoms with Gasteiger partial charge in [-0.05, 0) is 59.7 Å². The Kier molecular flexibility index (Phi) is 23.5. The number of esters is 4. The van der Waals surface area contributed by atoms with Crippen LogP contribution in [-0.2, 0) is 54.8 Å². The lowest BCUT2D eigenvalue weighted by atomic mass is 9.97. The summed E-state index contributed by atoms with van der Waals surface area (Å²) in [5.41, 5.74) is 3.73. The largest absolute Gasteiger partial charge is 0.488 e. The van der Waals surface area contributed by atoms with Gasteiger partial charge in [-0.25, -0.2) is 9.59 Å². The zero-order valence-corrected chi connectivity index (χ0v) is 43.9. The molecule has 402 valence electrons. The third-order valence-corrected chi connectivity index (χ3v) is 12.9. The highest BCUT2D eigenvalue weighted by molar-refractivity contribution is 5.97. The average molecular weight is 1030 g/mol. The van der Waals surface area contributed by atoms with E-state index < -0.39 is 61.2 Å². The van der Waals surface area contributed by atoms with E-state index in [1.807, 2.05) is 91.0 Å². The highest BCUT2D eigenvalue weighted by atomic mass is 16.7. The molecule has 0 unspecified atom stereocenters. The molecule has 0 spiro atoms. The monoisotopic (exact) mass is 1030 g/mol. The summed E-state index contributed by atoms with van der Waals surface area (Å²) in [4.78, 5) is 53.5. The molecule has 1 aliphatic heterocycles. The molecule has 5 aromatic carbocycles. The molecule has 1 aliphatic rings. The summed E-state index contributed by atoms with van der Waals surface area (Å²) in [6.45, 7) is 5.76. The van der Waals surface area contributed by atoms with E-state index >= 15 is 0 Å². The zero-order chi connectivity index (χ0) is 53.4. The van der Waals surface area contributed by atoms with E-state index in [4.69, 9.17) is 37.9 Å². The van der Waals surface area contributed by atoms with Crippen LogP contribution in [-0.4, -0.2) is 71.4 Å². The van der Waals surface area contributed by atoms with Crippen molar-refractivity contribution in [3.05, 3.63) is 154 Å². The maximum absolute atomic E-state index is 15.0. The Hall–Kier alpha value is -6.74. The van der Waals surface area contributed by atoms with E-state index in [1.165, 1.54) is 63.5 Å². The van der Waals surface area contributed by atoms with Crippen LogP contribution in [0.3, 0.4) is 0 Å². The van der Waals surface area contributed by atoms with Gasteiger partial charge in [0.15, 0.2) is 6.10 Å². The van der Waals surface area contributed by atoms with Gasteiger partial charge in [-0.3, -0.25) is 9.59 Å². The molecule has 1 saturated heterocycles. The first-order chi connectivity index (χ1) is 36.4. The van der Waals surface area contributed by atoms with Gasteiger partial charge in [0.05, 0.1) is 6.61 Å². The van der Waals surface area contributed by atoms with Crippen LogP contribution in [0.1, 0.15) is 153 Å². The number of hydrogen-bond acceptors (Lipinski definition) is 14. The Morgan fingerprint density at radius 1 is 0.560 bits per heavy atom. The fourth-order valence-corrected chi connectivity index (χ4v) is 9.08. The molecule has 14 nitrogen and oxygen atoms in total. The number of ether oxygens (including phenoxy) is 8. The lowest BCUT2D eigenvalue weighted by Crippen LogP contribution is -2.62. The first kappa shape index (κ1) is 57.5. The van der Waals surface area contributed by atoms with Gasteiger partial charge in [0.1, 0.15) is 66.2 Å². The molecule has 6 rings (SSSR count). The van der Waals surface area contributed by atoms with Crippen LogP contribution in [0.15, 0.2) is 115 Å². The highest BCUT2D eigenvalue weighted by Crippen LogP contribution is 2.37. The van der Waals surface area contributed by atoms with Gasteiger partial charge >= 0.3 is 23.9 Å². The molecule has 0 amide bonds. The van der Waals surface area contributed by atoms with Crippen LogP contribution < -0.4 is 18.9 Å². The van der Waals surface area contributed by atoms with Gasteiger partial charge in [-0.2, -0.15) is 0 Å². The number of aryl methyl sites for hydroxylation is 2. The highest BCUT2D eigenvalue weighted by Gasteiger charge is 2.50. The Morgan fingerprint density at radius 2 is 1.04 bits per heavy atom. The minimum Gasteiger partial charge on any atom is -0.488 e. The van der Waals surface area contributed by atoms with Gasteiger partial charge in [0.2, 0.25) is 12.4 Å². The van der Waals surface area contributed by atoms with Crippen molar-refractivity contribution in [3.8, 4) is 23.0 Å². The second-order valence-corrected chi connectivity index (χ2v) is 19.0. The van der Waals surface area contributed by atoms with Crippen LogP contribution in [0.4, 0.5) is 0 Å². The molecule has 1 fully saturated rings. The molecule has 0 saturated carbocycles. The van der Waals surface area contributed by atoms with Gasteiger partial charge in [-0.1, -0.05) is 175 Å². The summed E-state index contributed by atoms with van der Waals surface area (Å²) in [6.07, 6.45) is 8.05. The third kappa shape index (κ3) is 18.3. The van der Waals surface area contributed by atoms with Crippen molar-refractivity contribution in [2.45, 2.75) is 168 Å². The summed E-state index contributed by atoms with van der Waals surface area (Å²) in [7, 11) is 0. The molecule has 0 bridgehead atoms. The number of aliphatic hydroxyl groups is 2. The number of benzene rings is 5. The SMILES string of the molecule is CCCCCCCCCCCCCCCc1cc(O[C@@H]2O[C@H](CO)[C@@H](O)[C@H](OC(C)=O)[C@H]2OC(C)=O)cc(OCc2ccccc2)c1C(=O)Oc1cc(C)c(C(=O)OCc2ccccc2)c(OCc2ccccc2)c1. The third-order valence-electron chi connectivity index (χ3n) is 12.9.